The highest BCUT2D eigenvalue weighted by atomic mass is 16.5. The van der Waals surface area contributed by atoms with Gasteiger partial charge >= 0.3 is 0 Å². The Kier molecular flexibility index (Phi) is 3.95. The molecule has 2 aromatic rings. The van der Waals surface area contributed by atoms with E-state index in [4.69, 9.17) is 4.74 Å². The van der Waals surface area contributed by atoms with Crippen molar-refractivity contribution in [1.82, 2.24) is 4.98 Å². The fourth-order valence-corrected chi connectivity index (χ4v) is 1.66. The van der Waals surface area contributed by atoms with Crippen LogP contribution in [0.15, 0.2) is 42.6 Å². The van der Waals surface area contributed by atoms with Gasteiger partial charge in [0.05, 0.1) is 18.0 Å². The van der Waals surface area contributed by atoms with Crippen LogP contribution < -0.4 is 4.74 Å². The number of hydrogen-bond donors (Lipinski definition) is 1. The lowest BCUT2D eigenvalue weighted by Gasteiger charge is -2.10. The first-order valence-electron chi connectivity index (χ1n) is 6.08. The van der Waals surface area contributed by atoms with Crippen molar-refractivity contribution in [2.75, 3.05) is 0 Å². The summed E-state index contributed by atoms with van der Waals surface area (Å²) >= 11 is 0. The Balaban J connectivity index is 2.14. The maximum absolute atomic E-state index is 9.65. The number of pyridine rings is 1. The molecular formula is C15H17NO2. The van der Waals surface area contributed by atoms with Crippen molar-refractivity contribution in [2.24, 2.45) is 0 Å². The number of para-hydroxylation sites is 1. The molecule has 1 aromatic heterocycles. The van der Waals surface area contributed by atoms with Gasteiger partial charge in [0.15, 0.2) is 0 Å². The number of aromatic nitrogens is 1. The lowest BCUT2D eigenvalue weighted by atomic mass is 10.2. The Morgan fingerprint density at radius 3 is 2.61 bits per heavy atom. The molecule has 1 aromatic carbocycles. The summed E-state index contributed by atoms with van der Waals surface area (Å²) in [6.45, 7) is 3.92. The molecule has 1 unspecified atom stereocenters. The zero-order valence-electron chi connectivity index (χ0n) is 10.6. The van der Waals surface area contributed by atoms with Gasteiger partial charge in [-0.25, -0.2) is 0 Å². The van der Waals surface area contributed by atoms with E-state index in [9.17, 15) is 5.11 Å². The zero-order valence-corrected chi connectivity index (χ0v) is 10.6. The van der Waals surface area contributed by atoms with E-state index in [0.29, 0.717) is 17.9 Å². The maximum Gasteiger partial charge on any atom is 0.145 e. The second-order valence-electron chi connectivity index (χ2n) is 4.21. The summed E-state index contributed by atoms with van der Waals surface area (Å²) < 4.78 is 5.73. The van der Waals surface area contributed by atoms with Crippen molar-refractivity contribution >= 4 is 0 Å². The normalized spacial score (nSPS) is 12.2. The van der Waals surface area contributed by atoms with E-state index in [1.54, 1.807) is 12.3 Å². The molecule has 18 heavy (non-hydrogen) atoms. The number of benzene rings is 1. The van der Waals surface area contributed by atoms with Crippen LogP contribution in [0.5, 0.6) is 11.5 Å². The molecule has 0 saturated carbocycles. The fourth-order valence-electron chi connectivity index (χ4n) is 1.66. The van der Waals surface area contributed by atoms with Crippen LogP contribution in [0.4, 0.5) is 0 Å². The first kappa shape index (κ1) is 12.6. The molecule has 3 nitrogen and oxygen atoms in total. The summed E-state index contributed by atoms with van der Waals surface area (Å²) in [5, 5.41) is 9.65. The maximum atomic E-state index is 9.65. The molecule has 0 bridgehead atoms. The Morgan fingerprint density at radius 2 is 2.00 bits per heavy atom. The fraction of sp³-hybridized carbons (Fsp3) is 0.267. The van der Waals surface area contributed by atoms with Crippen LogP contribution in [-0.2, 0) is 0 Å². The van der Waals surface area contributed by atoms with Gasteiger partial charge < -0.3 is 9.84 Å². The molecule has 0 amide bonds. The molecular weight excluding hydrogens is 226 g/mol. The first-order chi connectivity index (χ1) is 8.70. The Labute approximate surface area is 107 Å². The highest BCUT2D eigenvalue weighted by Gasteiger charge is 2.06. The van der Waals surface area contributed by atoms with Gasteiger partial charge in [-0.3, -0.25) is 4.98 Å². The van der Waals surface area contributed by atoms with Gasteiger partial charge in [0.1, 0.15) is 11.5 Å². The molecule has 0 saturated heterocycles. The van der Waals surface area contributed by atoms with Gasteiger partial charge in [-0.1, -0.05) is 25.1 Å². The summed E-state index contributed by atoms with van der Waals surface area (Å²) in [4.78, 5) is 4.20. The SMILES string of the molecule is CCC(O)c1ccc(Oc2ccccc2C)cn1. The van der Waals surface area contributed by atoms with E-state index in [-0.39, 0.29) is 0 Å². The van der Waals surface area contributed by atoms with E-state index >= 15 is 0 Å². The highest BCUT2D eigenvalue weighted by molar-refractivity contribution is 5.36. The van der Waals surface area contributed by atoms with Crippen LogP contribution in [0, 0.1) is 6.92 Å². The minimum atomic E-state index is -0.502. The van der Waals surface area contributed by atoms with Crippen molar-refractivity contribution in [3.05, 3.63) is 53.9 Å². The first-order valence-corrected chi connectivity index (χ1v) is 6.08. The van der Waals surface area contributed by atoms with Gasteiger partial charge in [0, 0.05) is 0 Å². The summed E-state index contributed by atoms with van der Waals surface area (Å²) in [7, 11) is 0. The number of rotatable bonds is 4. The quantitative estimate of drug-likeness (QED) is 0.891. The zero-order chi connectivity index (χ0) is 13.0. The van der Waals surface area contributed by atoms with Crippen LogP contribution in [0.2, 0.25) is 0 Å². The lowest BCUT2D eigenvalue weighted by Crippen LogP contribution is -1.98. The number of ether oxygens (including phenoxy) is 1. The van der Waals surface area contributed by atoms with Crippen LogP contribution in [-0.4, -0.2) is 10.1 Å². The minimum absolute atomic E-state index is 0.502. The standard InChI is InChI=1S/C15H17NO2/c1-3-14(17)13-9-8-12(10-16-13)18-15-7-5-4-6-11(15)2/h4-10,14,17H,3H2,1-2H3. The third-order valence-electron chi connectivity index (χ3n) is 2.81. The van der Waals surface area contributed by atoms with Gasteiger partial charge in [-0.2, -0.15) is 0 Å². The Hall–Kier alpha value is -1.87. The number of aliphatic hydroxyl groups excluding tert-OH is 1. The van der Waals surface area contributed by atoms with Gasteiger partial charge in [-0.15, -0.1) is 0 Å². The van der Waals surface area contributed by atoms with Crippen molar-refractivity contribution in [3.63, 3.8) is 0 Å². The molecule has 0 fully saturated rings. The molecule has 0 aliphatic carbocycles. The van der Waals surface area contributed by atoms with E-state index in [1.165, 1.54) is 0 Å². The second kappa shape index (κ2) is 5.65. The Bertz CT molecular complexity index is 508. The van der Waals surface area contributed by atoms with Crippen LogP contribution >= 0.6 is 0 Å². The van der Waals surface area contributed by atoms with E-state index in [0.717, 1.165) is 11.3 Å². The Morgan fingerprint density at radius 1 is 1.22 bits per heavy atom. The molecule has 1 N–H and O–H groups in total. The molecule has 0 radical (unpaired) electrons. The van der Waals surface area contributed by atoms with Crippen molar-refractivity contribution in [3.8, 4) is 11.5 Å². The molecule has 2 rings (SSSR count). The molecule has 0 aliphatic rings. The number of nitrogens with zero attached hydrogens (tertiary/aromatic N) is 1. The molecule has 0 spiro atoms. The average molecular weight is 243 g/mol. The van der Waals surface area contributed by atoms with Crippen molar-refractivity contribution in [1.29, 1.82) is 0 Å². The molecule has 1 atom stereocenters. The number of aliphatic hydroxyl groups is 1. The summed E-state index contributed by atoms with van der Waals surface area (Å²) in [5.74, 6) is 1.50. The third-order valence-corrected chi connectivity index (χ3v) is 2.81. The molecule has 94 valence electrons. The topological polar surface area (TPSA) is 42.4 Å². The molecule has 3 heteroatoms. The third kappa shape index (κ3) is 2.87. The average Bonchev–Trinajstić information content (AvgIpc) is 2.41. The molecule has 1 heterocycles. The number of aryl methyl sites for hydroxylation is 1. The predicted octanol–water partition coefficient (Wildman–Crippen LogP) is 3.63. The summed E-state index contributed by atoms with van der Waals surface area (Å²) in [6, 6.07) is 11.4. The van der Waals surface area contributed by atoms with E-state index in [2.05, 4.69) is 4.98 Å². The van der Waals surface area contributed by atoms with Crippen LogP contribution in [0.25, 0.3) is 0 Å². The van der Waals surface area contributed by atoms with E-state index in [1.807, 2.05) is 44.2 Å². The van der Waals surface area contributed by atoms with Crippen molar-refractivity contribution in [2.45, 2.75) is 26.4 Å². The van der Waals surface area contributed by atoms with Gasteiger partial charge in [0.25, 0.3) is 0 Å². The highest BCUT2D eigenvalue weighted by Crippen LogP contribution is 2.25. The monoisotopic (exact) mass is 243 g/mol. The van der Waals surface area contributed by atoms with Crippen LogP contribution in [0.1, 0.15) is 30.7 Å². The van der Waals surface area contributed by atoms with Crippen molar-refractivity contribution < 1.29 is 9.84 Å². The lowest BCUT2D eigenvalue weighted by molar-refractivity contribution is 0.169. The summed E-state index contributed by atoms with van der Waals surface area (Å²) in [5.41, 5.74) is 1.75. The summed E-state index contributed by atoms with van der Waals surface area (Å²) in [6.07, 6.45) is 1.79. The van der Waals surface area contributed by atoms with E-state index < -0.39 is 6.10 Å². The minimum Gasteiger partial charge on any atom is -0.455 e. The van der Waals surface area contributed by atoms with Gasteiger partial charge in [0.2, 0.25) is 0 Å². The smallest absolute Gasteiger partial charge is 0.145 e. The second-order valence-corrected chi connectivity index (χ2v) is 4.21. The predicted molar refractivity (Wildman–Crippen MR) is 70.7 cm³/mol. The number of hydrogen-bond acceptors (Lipinski definition) is 3. The van der Waals surface area contributed by atoms with Gasteiger partial charge in [-0.05, 0) is 37.1 Å². The van der Waals surface area contributed by atoms with Crippen LogP contribution in [0.3, 0.4) is 0 Å². The largest absolute Gasteiger partial charge is 0.455 e. The molecule has 0 aliphatic heterocycles.